The summed E-state index contributed by atoms with van der Waals surface area (Å²) < 4.78 is 19.3. The number of halogens is 2. The van der Waals surface area contributed by atoms with Gasteiger partial charge in [-0.05, 0) is 30.3 Å². The Hall–Kier alpha value is -2.15. The standard InChI is InChI=1S/C14H12BrFN2O3/c1-21-14-5-2-10(15)7-12(14)17-8-9-6-11(16)3-4-13(9)18(19)20/h2-7,17H,8H2,1H3. The van der Waals surface area contributed by atoms with Crippen LogP contribution < -0.4 is 10.1 Å². The molecule has 5 nitrogen and oxygen atoms in total. The van der Waals surface area contributed by atoms with Gasteiger partial charge in [-0.1, -0.05) is 15.9 Å². The van der Waals surface area contributed by atoms with Crippen LogP contribution in [0.2, 0.25) is 0 Å². The van der Waals surface area contributed by atoms with Crippen molar-refractivity contribution >= 4 is 27.3 Å². The molecule has 0 atom stereocenters. The second kappa shape index (κ2) is 6.53. The summed E-state index contributed by atoms with van der Waals surface area (Å²) in [5.74, 6) is 0.0795. The van der Waals surface area contributed by atoms with Crippen molar-refractivity contribution in [1.82, 2.24) is 0 Å². The van der Waals surface area contributed by atoms with Gasteiger partial charge in [-0.15, -0.1) is 0 Å². The monoisotopic (exact) mass is 354 g/mol. The number of nitro benzene ring substituents is 1. The second-order valence-electron chi connectivity index (χ2n) is 4.23. The van der Waals surface area contributed by atoms with Crippen molar-refractivity contribution in [2.75, 3.05) is 12.4 Å². The summed E-state index contributed by atoms with van der Waals surface area (Å²) in [7, 11) is 1.53. The molecule has 0 unspecified atom stereocenters. The molecule has 1 N–H and O–H groups in total. The van der Waals surface area contributed by atoms with Gasteiger partial charge in [-0.25, -0.2) is 4.39 Å². The molecule has 0 bridgehead atoms. The lowest BCUT2D eigenvalue weighted by atomic mass is 10.1. The summed E-state index contributed by atoms with van der Waals surface area (Å²) in [6.07, 6.45) is 0. The Balaban J connectivity index is 2.26. The Morgan fingerprint density at radius 1 is 1.33 bits per heavy atom. The average Bonchev–Trinajstić information content (AvgIpc) is 2.45. The number of hydrogen-bond donors (Lipinski definition) is 1. The molecule has 0 amide bonds. The molecule has 0 heterocycles. The highest BCUT2D eigenvalue weighted by molar-refractivity contribution is 9.10. The number of nitrogens with one attached hydrogen (secondary N) is 1. The summed E-state index contributed by atoms with van der Waals surface area (Å²) in [5, 5.41) is 14.0. The maximum atomic E-state index is 13.3. The highest BCUT2D eigenvalue weighted by Crippen LogP contribution is 2.29. The Morgan fingerprint density at radius 3 is 2.76 bits per heavy atom. The zero-order valence-corrected chi connectivity index (χ0v) is 12.7. The van der Waals surface area contributed by atoms with Crippen LogP contribution >= 0.6 is 15.9 Å². The van der Waals surface area contributed by atoms with Crippen LogP contribution in [0.5, 0.6) is 5.75 Å². The lowest BCUT2D eigenvalue weighted by Crippen LogP contribution is -2.05. The molecule has 110 valence electrons. The third-order valence-corrected chi connectivity index (χ3v) is 3.36. The zero-order chi connectivity index (χ0) is 15.4. The Bertz CT molecular complexity index is 679. The SMILES string of the molecule is COc1ccc(Br)cc1NCc1cc(F)ccc1[N+](=O)[O-]. The van der Waals surface area contributed by atoms with Gasteiger partial charge in [0.2, 0.25) is 0 Å². The fraction of sp³-hybridized carbons (Fsp3) is 0.143. The van der Waals surface area contributed by atoms with Crippen molar-refractivity contribution in [1.29, 1.82) is 0 Å². The first kappa shape index (κ1) is 15.2. The molecular weight excluding hydrogens is 343 g/mol. The highest BCUT2D eigenvalue weighted by Gasteiger charge is 2.14. The summed E-state index contributed by atoms with van der Waals surface area (Å²) in [4.78, 5) is 10.4. The molecule has 0 fully saturated rings. The van der Waals surface area contributed by atoms with Gasteiger partial charge in [0.25, 0.3) is 5.69 Å². The van der Waals surface area contributed by atoms with E-state index in [1.807, 2.05) is 6.07 Å². The predicted molar refractivity (Wildman–Crippen MR) is 81.1 cm³/mol. The third kappa shape index (κ3) is 3.69. The summed E-state index contributed by atoms with van der Waals surface area (Å²) >= 11 is 3.34. The van der Waals surface area contributed by atoms with E-state index in [-0.39, 0.29) is 17.8 Å². The van der Waals surface area contributed by atoms with E-state index >= 15 is 0 Å². The van der Waals surface area contributed by atoms with E-state index in [9.17, 15) is 14.5 Å². The van der Waals surface area contributed by atoms with E-state index in [4.69, 9.17) is 4.74 Å². The smallest absolute Gasteiger partial charge is 0.274 e. The lowest BCUT2D eigenvalue weighted by molar-refractivity contribution is -0.385. The number of hydrogen-bond acceptors (Lipinski definition) is 4. The van der Waals surface area contributed by atoms with Gasteiger partial charge < -0.3 is 10.1 Å². The molecule has 2 rings (SSSR count). The zero-order valence-electron chi connectivity index (χ0n) is 11.1. The van der Waals surface area contributed by atoms with Crippen LogP contribution in [-0.2, 0) is 6.54 Å². The number of rotatable bonds is 5. The summed E-state index contributed by atoms with van der Waals surface area (Å²) in [5.41, 5.74) is 0.797. The summed E-state index contributed by atoms with van der Waals surface area (Å²) in [6.45, 7) is 0.112. The van der Waals surface area contributed by atoms with Crippen LogP contribution in [-0.4, -0.2) is 12.0 Å². The van der Waals surface area contributed by atoms with Crippen molar-refractivity contribution < 1.29 is 14.1 Å². The second-order valence-corrected chi connectivity index (χ2v) is 5.14. The van der Waals surface area contributed by atoms with E-state index in [1.54, 1.807) is 12.1 Å². The number of nitro groups is 1. The molecule has 0 aromatic heterocycles. The van der Waals surface area contributed by atoms with Gasteiger partial charge in [0.1, 0.15) is 11.6 Å². The molecule has 0 spiro atoms. The van der Waals surface area contributed by atoms with Gasteiger partial charge >= 0.3 is 0 Å². The van der Waals surface area contributed by atoms with E-state index < -0.39 is 10.7 Å². The number of methoxy groups -OCH3 is 1. The number of nitrogens with zero attached hydrogens (tertiary/aromatic N) is 1. The van der Waals surface area contributed by atoms with E-state index in [1.165, 1.54) is 7.11 Å². The molecule has 2 aromatic carbocycles. The molecule has 0 radical (unpaired) electrons. The third-order valence-electron chi connectivity index (χ3n) is 2.87. The quantitative estimate of drug-likeness (QED) is 0.647. The molecule has 0 aliphatic rings. The minimum atomic E-state index is -0.533. The van der Waals surface area contributed by atoms with Crippen molar-refractivity contribution in [2.24, 2.45) is 0 Å². The van der Waals surface area contributed by atoms with E-state index in [2.05, 4.69) is 21.2 Å². The average molecular weight is 355 g/mol. The highest BCUT2D eigenvalue weighted by atomic mass is 79.9. The van der Waals surface area contributed by atoms with Crippen molar-refractivity contribution in [3.8, 4) is 5.75 Å². The molecule has 21 heavy (non-hydrogen) atoms. The van der Waals surface area contributed by atoms with Crippen LogP contribution in [0.15, 0.2) is 40.9 Å². The molecule has 2 aromatic rings. The predicted octanol–water partition coefficient (Wildman–Crippen LogP) is 4.12. The van der Waals surface area contributed by atoms with E-state index in [0.29, 0.717) is 11.4 Å². The Kier molecular flexibility index (Phi) is 4.74. The minimum absolute atomic E-state index is 0.112. The first-order valence-electron chi connectivity index (χ1n) is 6.01. The fourth-order valence-corrected chi connectivity index (χ4v) is 2.24. The van der Waals surface area contributed by atoms with Crippen molar-refractivity contribution in [3.05, 3.63) is 62.4 Å². The largest absolute Gasteiger partial charge is 0.495 e. The van der Waals surface area contributed by atoms with Crippen LogP contribution in [0.4, 0.5) is 15.8 Å². The Morgan fingerprint density at radius 2 is 2.10 bits per heavy atom. The normalized spacial score (nSPS) is 10.2. The first-order valence-corrected chi connectivity index (χ1v) is 6.81. The molecule has 0 aliphatic carbocycles. The first-order chi connectivity index (χ1) is 10.0. The van der Waals surface area contributed by atoms with Crippen molar-refractivity contribution in [2.45, 2.75) is 6.54 Å². The minimum Gasteiger partial charge on any atom is -0.495 e. The number of benzene rings is 2. The van der Waals surface area contributed by atoms with Crippen LogP contribution in [0.25, 0.3) is 0 Å². The maximum Gasteiger partial charge on any atom is 0.274 e. The summed E-state index contributed by atoms with van der Waals surface area (Å²) in [6, 6.07) is 8.73. The topological polar surface area (TPSA) is 64.4 Å². The molecular formula is C14H12BrFN2O3. The van der Waals surface area contributed by atoms with E-state index in [0.717, 1.165) is 22.7 Å². The van der Waals surface area contributed by atoms with Crippen LogP contribution in [0, 0.1) is 15.9 Å². The molecule has 7 heteroatoms. The van der Waals surface area contributed by atoms with Crippen LogP contribution in [0.1, 0.15) is 5.56 Å². The Labute approximate surface area is 129 Å². The van der Waals surface area contributed by atoms with Gasteiger partial charge in [0.15, 0.2) is 0 Å². The molecule has 0 aliphatic heterocycles. The lowest BCUT2D eigenvalue weighted by Gasteiger charge is -2.12. The van der Waals surface area contributed by atoms with Crippen molar-refractivity contribution in [3.63, 3.8) is 0 Å². The maximum absolute atomic E-state index is 13.3. The molecule has 0 saturated carbocycles. The van der Waals surface area contributed by atoms with Gasteiger partial charge in [0.05, 0.1) is 23.3 Å². The fourth-order valence-electron chi connectivity index (χ4n) is 1.88. The van der Waals surface area contributed by atoms with Gasteiger partial charge in [0, 0.05) is 17.1 Å². The molecule has 0 saturated heterocycles. The van der Waals surface area contributed by atoms with Crippen LogP contribution in [0.3, 0.4) is 0 Å². The van der Waals surface area contributed by atoms with Gasteiger partial charge in [-0.2, -0.15) is 0 Å². The number of anilines is 1. The van der Waals surface area contributed by atoms with Gasteiger partial charge in [-0.3, -0.25) is 10.1 Å². The number of ether oxygens (including phenoxy) is 1.